The van der Waals surface area contributed by atoms with Gasteiger partial charge in [0, 0.05) is 12.3 Å². The monoisotopic (exact) mass is 284 g/mol. The number of methoxy groups -OCH3 is 1. The molecule has 1 aromatic rings. The van der Waals surface area contributed by atoms with Crippen LogP contribution >= 0.6 is 0 Å². The third-order valence-corrected chi connectivity index (χ3v) is 5.92. The van der Waals surface area contributed by atoms with Gasteiger partial charge in [-0.05, 0) is 42.1 Å². The van der Waals surface area contributed by atoms with Gasteiger partial charge in [0.1, 0.15) is 5.78 Å². The van der Waals surface area contributed by atoms with Crippen LogP contribution in [0.5, 0.6) is 0 Å². The van der Waals surface area contributed by atoms with Crippen molar-refractivity contribution in [2.75, 3.05) is 7.11 Å². The number of esters is 1. The van der Waals surface area contributed by atoms with Crippen LogP contribution in [0.15, 0.2) is 30.3 Å². The molecule has 3 fully saturated rings. The summed E-state index contributed by atoms with van der Waals surface area (Å²) in [6.07, 6.45) is 2.61. The molecule has 0 saturated heterocycles. The highest BCUT2D eigenvalue weighted by atomic mass is 16.5. The first-order chi connectivity index (χ1) is 10.2. The van der Waals surface area contributed by atoms with Gasteiger partial charge < -0.3 is 4.74 Å². The van der Waals surface area contributed by atoms with Crippen LogP contribution in [0, 0.1) is 35.5 Å². The fraction of sp³-hybridized carbons (Fsp3) is 0.556. The fourth-order valence-electron chi connectivity index (χ4n) is 5.14. The fourth-order valence-corrected chi connectivity index (χ4v) is 5.14. The van der Waals surface area contributed by atoms with Crippen molar-refractivity contribution in [3.05, 3.63) is 35.9 Å². The molecule has 0 N–H and O–H groups in total. The first kappa shape index (κ1) is 13.1. The van der Waals surface area contributed by atoms with Crippen LogP contribution in [-0.2, 0) is 20.7 Å². The Hall–Kier alpha value is -1.64. The van der Waals surface area contributed by atoms with Crippen molar-refractivity contribution < 1.29 is 14.3 Å². The Balaban J connectivity index is 1.44. The van der Waals surface area contributed by atoms with E-state index in [0.29, 0.717) is 35.9 Å². The standard InChI is InChI=1S/C18H20O3/c1-21-18(20)13-9-11-8-12(13)16-15(11)17(16)14(19)7-10-5-3-2-4-6-10/h2-6,11-13,15-17H,7-9H2,1H3/t11?,12?,13-,15?,16?,17?/m1/s1. The highest BCUT2D eigenvalue weighted by Gasteiger charge is 2.70. The lowest BCUT2D eigenvalue weighted by Gasteiger charge is -2.18. The molecular formula is C18H20O3. The minimum atomic E-state index is -0.0675. The predicted molar refractivity (Wildman–Crippen MR) is 77.3 cm³/mol. The van der Waals surface area contributed by atoms with Gasteiger partial charge in [-0.3, -0.25) is 9.59 Å². The maximum Gasteiger partial charge on any atom is 0.308 e. The smallest absolute Gasteiger partial charge is 0.308 e. The van der Waals surface area contributed by atoms with E-state index >= 15 is 0 Å². The Morgan fingerprint density at radius 2 is 1.90 bits per heavy atom. The zero-order valence-corrected chi connectivity index (χ0v) is 12.2. The van der Waals surface area contributed by atoms with E-state index in [1.54, 1.807) is 0 Å². The highest BCUT2D eigenvalue weighted by Crippen LogP contribution is 2.71. The number of Topliss-reactive ketones (excluding diaryl/α,β-unsaturated/α-hetero) is 1. The lowest BCUT2D eigenvalue weighted by Crippen LogP contribution is -2.24. The highest BCUT2D eigenvalue weighted by molar-refractivity contribution is 5.87. The average molecular weight is 284 g/mol. The molecule has 3 aliphatic rings. The summed E-state index contributed by atoms with van der Waals surface area (Å²) >= 11 is 0. The number of carbonyl (C=O) groups excluding carboxylic acids is 2. The number of ketones is 1. The SMILES string of the molecule is COC(=O)[C@@H]1CC2CC1C1C(C(=O)Cc3ccccc3)C21. The number of benzene rings is 1. The Labute approximate surface area is 124 Å². The van der Waals surface area contributed by atoms with Crippen molar-refractivity contribution >= 4 is 11.8 Å². The Morgan fingerprint density at radius 1 is 1.14 bits per heavy atom. The second kappa shape index (κ2) is 4.69. The van der Waals surface area contributed by atoms with Gasteiger partial charge in [-0.2, -0.15) is 0 Å². The molecule has 0 heterocycles. The third-order valence-electron chi connectivity index (χ3n) is 5.92. The summed E-state index contributed by atoms with van der Waals surface area (Å²) in [6, 6.07) is 9.96. The molecule has 3 saturated carbocycles. The molecule has 2 bridgehead atoms. The van der Waals surface area contributed by atoms with Crippen LogP contribution in [-0.4, -0.2) is 18.9 Å². The second-order valence-electron chi connectivity index (χ2n) is 6.83. The number of carbonyl (C=O) groups is 2. The number of rotatable bonds is 4. The molecular weight excluding hydrogens is 264 g/mol. The molecule has 5 unspecified atom stereocenters. The first-order valence-electron chi connectivity index (χ1n) is 7.85. The van der Waals surface area contributed by atoms with Crippen LogP contribution in [0.4, 0.5) is 0 Å². The maximum absolute atomic E-state index is 12.5. The van der Waals surface area contributed by atoms with Crippen LogP contribution in [0.2, 0.25) is 0 Å². The summed E-state index contributed by atoms with van der Waals surface area (Å²) in [5.74, 6) is 2.57. The number of fused-ring (bicyclic) bond motifs is 5. The third kappa shape index (κ3) is 1.94. The van der Waals surface area contributed by atoms with E-state index in [9.17, 15) is 9.59 Å². The molecule has 3 nitrogen and oxygen atoms in total. The molecule has 0 aromatic heterocycles. The van der Waals surface area contributed by atoms with Gasteiger partial charge in [0.25, 0.3) is 0 Å². The van der Waals surface area contributed by atoms with Gasteiger partial charge in [0.05, 0.1) is 13.0 Å². The number of hydrogen-bond acceptors (Lipinski definition) is 3. The van der Waals surface area contributed by atoms with E-state index in [1.807, 2.05) is 30.3 Å². The average Bonchev–Trinajstić information content (AvgIpc) is 2.99. The van der Waals surface area contributed by atoms with Crippen LogP contribution in [0.3, 0.4) is 0 Å². The van der Waals surface area contributed by atoms with Gasteiger partial charge in [-0.1, -0.05) is 30.3 Å². The minimum absolute atomic E-state index is 0.0516. The Morgan fingerprint density at radius 3 is 2.62 bits per heavy atom. The van der Waals surface area contributed by atoms with Crippen molar-refractivity contribution in [2.24, 2.45) is 35.5 Å². The van der Waals surface area contributed by atoms with Crippen LogP contribution in [0.1, 0.15) is 18.4 Å². The van der Waals surface area contributed by atoms with E-state index in [-0.39, 0.29) is 17.8 Å². The molecule has 3 aliphatic carbocycles. The summed E-state index contributed by atoms with van der Waals surface area (Å²) in [5.41, 5.74) is 1.10. The topological polar surface area (TPSA) is 43.4 Å². The summed E-state index contributed by atoms with van der Waals surface area (Å²) < 4.78 is 4.92. The van der Waals surface area contributed by atoms with Gasteiger partial charge in [0.2, 0.25) is 0 Å². The zero-order chi connectivity index (χ0) is 14.6. The Kier molecular flexibility index (Phi) is 2.91. The summed E-state index contributed by atoms with van der Waals surface area (Å²) in [7, 11) is 1.47. The molecule has 110 valence electrons. The van der Waals surface area contributed by atoms with Gasteiger partial charge in [-0.15, -0.1) is 0 Å². The first-order valence-corrected chi connectivity index (χ1v) is 7.85. The number of ether oxygens (including phenoxy) is 1. The van der Waals surface area contributed by atoms with Crippen LogP contribution < -0.4 is 0 Å². The molecule has 0 spiro atoms. The van der Waals surface area contributed by atoms with E-state index in [0.717, 1.165) is 18.4 Å². The molecule has 0 radical (unpaired) electrons. The lowest BCUT2D eigenvalue weighted by atomic mass is 9.88. The van der Waals surface area contributed by atoms with E-state index in [1.165, 1.54) is 7.11 Å². The largest absolute Gasteiger partial charge is 0.469 e. The van der Waals surface area contributed by atoms with Gasteiger partial charge in [-0.25, -0.2) is 0 Å². The molecule has 1 aromatic carbocycles. The zero-order valence-electron chi connectivity index (χ0n) is 12.2. The lowest BCUT2D eigenvalue weighted by molar-refractivity contribution is -0.147. The number of hydrogen-bond donors (Lipinski definition) is 0. The molecule has 4 rings (SSSR count). The molecule has 6 atom stereocenters. The van der Waals surface area contributed by atoms with Crippen LogP contribution in [0.25, 0.3) is 0 Å². The predicted octanol–water partition coefficient (Wildman–Crippen LogP) is 2.49. The van der Waals surface area contributed by atoms with Crippen molar-refractivity contribution in [2.45, 2.75) is 19.3 Å². The second-order valence-corrected chi connectivity index (χ2v) is 6.83. The molecule has 3 heteroatoms. The van der Waals surface area contributed by atoms with E-state index < -0.39 is 0 Å². The normalized spacial score (nSPS) is 38.9. The minimum Gasteiger partial charge on any atom is -0.469 e. The molecule has 21 heavy (non-hydrogen) atoms. The van der Waals surface area contributed by atoms with Crippen molar-refractivity contribution in [3.8, 4) is 0 Å². The molecule has 0 aliphatic heterocycles. The maximum atomic E-state index is 12.5. The van der Waals surface area contributed by atoms with Crippen molar-refractivity contribution in [1.29, 1.82) is 0 Å². The Bertz CT molecular complexity index is 579. The summed E-state index contributed by atoms with van der Waals surface area (Å²) in [5, 5.41) is 0. The summed E-state index contributed by atoms with van der Waals surface area (Å²) in [6.45, 7) is 0. The van der Waals surface area contributed by atoms with Crippen molar-refractivity contribution in [1.82, 2.24) is 0 Å². The molecule has 0 amide bonds. The van der Waals surface area contributed by atoms with Crippen molar-refractivity contribution in [3.63, 3.8) is 0 Å². The van der Waals surface area contributed by atoms with Gasteiger partial charge in [0.15, 0.2) is 0 Å². The quantitative estimate of drug-likeness (QED) is 0.798. The van der Waals surface area contributed by atoms with E-state index in [4.69, 9.17) is 4.74 Å². The van der Waals surface area contributed by atoms with Gasteiger partial charge >= 0.3 is 5.97 Å². The van der Waals surface area contributed by atoms with E-state index in [2.05, 4.69) is 0 Å². The summed E-state index contributed by atoms with van der Waals surface area (Å²) in [4.78, 5) is 24.4.